The van der Waals surface area contributed by atoms with Crippen LogP contribution in [0, 0.1) is 0 Å². The third kappa shape index (κ3) is 2.75. The summed E-state index contributed by atoms with van der Waals surface area (Å²) in [4.78, 5) is 18.0. The summed E-state index contributed by atoms with van der Waals surface area (Å²) < 4.78 is 0. The fourth-order valence-corrected chi connectivity index (χ4v) is 2.31. The molecule has 1 aromatic heterocycles. The van der Waals surface area contributed by atoms with Gasteiger partial charge < -0.3 is 4.90 Å². The molecule has 0 bridgehead atoms. The number of carbonyl (C=O) groups is 1. The number of pyridine rings is 1. The van der Waals surface area contributed by atoms with Crippen LogP contribution in [-0.4, -0.2) is 24.4 Å². The van der Waals surface area contributed by atoms with Gasteiger partial charge in [-0.2, -0.15) is 0 Å². The highest BCUT2D eigenvalue weighted by Crippen LogP contribution is 2.23. The lowest BCUT2D eigenvalue weighted by Crippen LogP contribution is -2.30. The second-order valence-electron chi connectivity index (χ2n) is 4.96. The number of benzene rings is 1. The van der Waals surface area contributed by atoms with Crippen LogP contribution in [0.25, 0.3) is 10.9 Å². The van der Waals surface area contributed by atoms with Crippen molar-refractivity contribution in [2.24, 2.45) is 0 Å². The third-order valence-corrected chi connectivity index (χ3v) is 3.56. The lowest BCUT2D eigenvalue weighted by atomic mass is 10.1. The van der Waals surface area contributed by atoms with Gasteiger partial charge in [-0.3, -0.25) is 4.79 Å². The molecule has 3 heteroatoms. The number of hydrogen-bond donors (Lipinski definition) is 0. The number of rotatable bonds is 5. The van der Waals surface area contributed by atoms with E-state index in [9.17, 15) is 4.79 Å². The Morgan fingerprint density at radius 1 is 1.37 bits per heavy atom. The molecule has 0 N–H and O–H groups in total. The molecule has 0 spiro atoms. The first-order valence-electron chi connectivity index (χ1n) is 6.75. The van der Waals surface area contributed by atoms with E-state index in [4.69, 9.17) is 0 Å². The zero-order chi connectivity index (χ0) is 13.8. The minimum atomic E-state index is 0.373. The molecule has 1 unspecified atom stereocenters. The first-order valence-corrected chi connectivity index (χ1v) is 6.75. The first kappa shape index (κ1) is 13.5. The van der Waals surface area contributed by atoms with E-state index >= 15 is 0 Å². The van der Waals surface area contributed by atoms with E-state index in [-0.39, 0.29) is 0 Å². The molecule has 0 aliphatic heterocycles. The third-order valence-electron chi connectivity index (χ3n) is 3.56. The monoisotopic (exact) mass is 256 g/mol. The summed E-state index contributed by atoms with van der Waals surface area (Å²) >= 11 is 0. The van der Waals surface area contributed by atoms with Gasteiger partial charge in [-0.15, -0.1) is 0 Å². The summed E-state index contributed by atoms with van der Waals surface area (Å²) in [6.45, 7) is 4.33. The van der Waals surface area contributed by atoms with Gasteiger partial charge in [-0.1, -0.05) is 31.5 Å². The number of anilines is 1. The standard InChI is InChI=1S/C16H20N2O/c1-4-7-12(2)18(3)16-14(11-19)10-13-8-5-6-9-15(13)17-16/h5-6,8-12H,4,7H2,1-3H3. The maximum absolute atomic E-state index is 11.3. The zero-order valence-electron chi connectivity index (χ0n) is 11.8. The molecule has 0 aliphatic rings. The Morgan fingerprint density at radius 3 is 2.79 bits per heavy atom. The fourth-order valence-electron chi connectivity index (χ4n) is 2.31. The number of carbonyl (C=O) groups excluding carboxylic acids is 1. The van der Waals surface area contributed by atoms with E-state index < -0.39 is 0 Å². The van der Waals surface area contributed by atoms with E-state index in [1.165, 1.54) is 0 Å². The van der Waals surface area contributed by atoms with Gasteiger partial charge in [0.25, 0.3) is 0 Å². The minimum absolute atomic E-state index is 0.373. The van der Waals surface area contributed by atoms with Crippen LogP contribution in [0.1, 0.15) is 37.0 Å². The van der Waals surface area contributed by atoms with Crippen molar-refractivity contribution in [2.45, 2.75) is 32.7 Å². The van der Waals surface area contributed by atoms with Gasteiger partial charge in [0.2, 0.25) is 0 Å². The Bertz CT molecular complexity index is 580. The van der Waals surface area contributed by atoms with Crippen molar-refractivity contribution < 1.29 is 4.79 Å². The average Bonchev–Trinajstić information content (AvgIpc) is 2.45. The molecule has 0 amide bonds. The predicted molar refractivity (Wildman–Crippen MR) is 79.9 cm³/mol. The van der Waals surface area contributed by atoms with Crippen molar-refractivity contribution in [1.29, 1.82) is 0 Å². The molecule has 0 saturated carbocycles. The summed E-state index contributed by atoms with van der Waals surface area (Å²) in [7, 11) is 2.00. The minimum Gasteiger partial charge on any atom is -0.356 e. The summed E-state index contributed by atoms with van der Waals surface area (Å²) in [5.74, 6) is 0.773. The molecule has 0 aliphatic carbocycles. The van der Waals surface area contributed by atoms with Gasteiger partial charge in [-0.05, 0) is 25.5 Å². The number of nitrogens with zero attached hydrogens (tertiary/aromatic N) is 2. The van der Waals surface area contributed by atoms with E-state index in [2.05, 4.69) is 23.7 Å². The van der Waals surface area contributed by atoms with Crippen LogP contribution in [0.3, 0.4) is 0 Å². The molecule has 1 heterocycles. The predicted octanol–water partition coefficient (Wildman–Crippen LogP) is 3.67. The lowest BCUT2D eigenvalue weighted by molar-refractivity contribution is 0.112. The smallest absolute Gasteiger partial charge is 0.153 e. The maximum atomic E-state index is 11.3. The van der Waals surface area contributed by atoms with Gasteiger partial charge >= 0.3 is 0 Å². The van der Waals surface area contributed by atoms with Crippen molar-refractivity contribution in [1.82, 2.24) is 4.98 Å². The topological polar surface area (TPSA) is 33.2 Å². The van der Waals surface area contributed by atoms with Crippen molar-refractivity contribution in [3.05, 3.63) is 35.9 Å². The second-order valence-corrected chi connectivity index (χ2v) is 4.96. The van der Waals surface area contributed by atoms with Crippen molar-refractivity contribution in [3.63, 3.8) is 0 Å². The van der Waals surface area contributed by atoms with Crippen LogP contribution < -0.4 is 4.90 Å². The number of para-hydroxylation sites is 1. The van der Waals surface area contributed by atoms with Gasteiger partial charge in [0.15, 0.2) is 6.29 Å². The van der Waals surface area contributed by atoms with E-state index in [1.54, 1.807) is 0 Å². The van der Waals surface area contributed by atoms with Gasteiger partial charge in [0, 0.05) is 18.5 Å². The van der Waals surface area contributed by atoms with Crippen molar-refractivity contribution in [3.8, 4) is 0 Å². The van der Waals surface area contributed by atoms with Crippen LogP contribution in [0.5, 0.6) is 0 Å². The molecule has 1 aromatic carbocycles. The van der Waals surface area contributed by atoms with Gasteiger partial charge in [-0.25, -0.2) is 4.98 Å². The Labute approximate surface area is 114 Å². The van der Waals surface area contributed by atoms with Crippen molar-refractivity contribution in [2.75, 3.05) is 11.9 Å². The number of aromatic nitrogens is 1. The number of fused-ring (bicyclic) bond motifs is 1. The van der Waals surface area contributed by atoms with Gasteiger partial charge in [0.05, 0.1) is 11.1 Å². The van der Waals surface area contributed by atoms with Gasteiger partial charge in [0.1, 0.15) is 5.82 Å². The SMILES string of the molecule is CCCC(C)N(C)c1nc2ccccc2cc1C=O. The summed E-state index contributed by atoms with van der Waals surface area (Å²) in [5, 5.41) is 1.00. The van der Waals surface area contributed by atoms with E-state index in [0.29, 0.717) is 11.6 Å². The van der Waals surface area contributed by atoms with Crippen LogP contribution in [0.15, 0.2) is 30.3 Å². The molecule has 0 radical (unpaired) electrons. The zero-order valence-corrected chi connectivity index (χ0v) is 11.8. The Morgan fingerprint density at radius 2 is 2.11 bits per heavy atom. The quantitative estimate of drug-likeness (QED) is 0.765. The van der Waals surface area contributed by atoms with Crippen LogP contribution in [0.2, 0.25) is 0 Å². The highest BCUT2D eigenvalue weighted by molar-refractivity contribution is 5.91. The van der Waals surface area contributed by atoms with Crippen molar-refractivity contribution >= 4 is 23.0 Å². The lowest BCUT2D eigenvalue weighted by Gasteiger charge is -2.27. The molecule has 1 atom stereocenters. The maximum Gasteiger partial charge on any atom is 0.153 e. The van der Waals surface area contributed by atoms with E-state index in [0.717, 1.165) is 35.8 Å². The summed E-state index contributed by atoms with van der Waals surface area (Å²) in [5.41, 5.74) is 1.59. The Hall–Kier alpha value is -1.90. The van der Waals surface area contributed by atoms with Crippen LogP contribution in [0.4, 0.5) is 5.82 Å². The Kier molecular flexibility index (Phi) is 4.15. The number of hydrogen-bond acceptors (Lipinski definition) is 3. The molecule has 0 fully saturated rings. The fraction of sp³-hybridized carbons (Fsp3) is 0.375. The molecule has 2 rings (SSSR count). The Balaban J connectivity index is 2.48. The van der Waals surface area contributed by atoms with Crippen LogP contribution in [-0.2, 0) is 0 Å². The molecule has 19 heavy (non-hydrogen) atoms. The molecule has 100 valence electrons. The first-order chi connectivity index (χ1) is 9.17. The summed E-state index contributed by atoms with van der Waals surface area (Å²) in [6, 6.07) is 10.2. The average molecular weight is 256 g/mol. The molecule has 3 nitrogen and oxygen atoms in total. The van der Waals surface area contributed by atoms with Crippen LogP contribution >= 0.6 is 0 Å². The molecular formula is C16H20N2O. The summed E-state index contributed by atoms with van der Waals surface area (Å²) in [6.07, 6.45) is 3.10. The molecular weight excluding hydrogens is 236 g/mol. The highest BCUT2D eigenvalue weighted by Gasteiger charge is 2.15. The van der Waals surface area contributed by atoms with E-state index in [1.807, 2.05) is 37.4 Å². The largest absolute Gasteiger partial charge is 0.356 e. The highest BCUT2D eigenvalue weighted by atomic mass is 16.1. The molecule has 2 aromatic rings. The normalized spacial score (nSPS) is 12.4. The molecule has 0 saturated heterocycles. The number of aldehydes is 1. The second kappa shape index (κ2) is 5.83.